The third kappa shape index (κ3) is 5.45. The number of hydrogen-bond acceptors (Lipinski definition) is 2. The molecule has 1 aliphatic rings. The molecule has 1 aliphatic heterocycles. The van der Waals surface area contributed by atoms with E-state index in [1.165, 1.54) is 0 Å². The molecule has 0 saturated carbocycles. The first-order chi connectivity index (χ1) is 11.8. The minimum Gasteiger partial charge on any atom is -0.342 e. The number of benzene rings is 1. The van der Waals surface area contributed by atoms with Crippen LogP contribution in [0.15, 0.2) is 12.1 Å². The van der Waals surface area contributed by atoms with Crippen molar-refractivity contribution in [2.75, 3.05) is 31.5 Å². The van der Waals surface area contributed by atoms with E-state index in [9.17, 15) is 22.8 Å². The fourth-order valence-electron chi connectivity index (χ4n) is 3.35. The quantitative estimate of drug-likeness (QED) is 0.680. The molecule has 2 atom stereocenters. The molecule has 1 fully saturated rings. The van der Waals surface area contributed by atoms with Crippen molar-refractivity contribution in [2.45, 2.75) is 20.3 Å². The molecule has 1 heterocycles. The van der Waals surface area contributed by atoms with E-state index in [-0.39, 0.29) is 19.0 Å². The number of hydrogen-bond donors (Lipinski definition) is 3. The second-order valence-corrected chi connectivity index (χ2v) is 6.83. The minimum atomic E-state index is -1.65. The third-order valence-corrected chi connectivity index (χ3v) is 4.24. The maximum atomic E-state index is 13.5. The van der Waals surface area contributed by atoms with Crippen molar-refractivity contribution in [3.05, 3.63) is 29.6 Å². The lowest BCUT2D eigenvalue weighted by Crippen LogP contribution is -3.15. The number of nitrogens with one attached hydrogen (secondary N) is 3. The van der Waals surface area contributed by atoms with Gasteiger partial charge < -0.3 is 15.5 Å². The lowest BCUT2D eigenvalue weighted by Gasteiger charge is -2.31. The van der Waals surface area contributed by atoms with Crippen LogP contribution in [0.25, 0.3) is 0 Å². The second kappa shape index (κ2) is 8.33. The second-order valence-electron chi connectivity index (χ2n) is 6.83. The average molecular weight is 358 g/mol. The van der Waals surface area contributed by atoms with Crippen molar-refractivity contribution in [1.82, 2.24) is 5.32 Å². The van der Waals surface area contributed by atoms with Crippen molar-refractivity contribution in [3.8, 4) is 0 Å². The van der Waals surface area contributed by atoms with Gasteiger partial charge in [-0.2, -0.15) is 0 Å². The van der Waals surface area contributed by atoms with Gasteiger partial charge in [-0.3, -0.25) is 9.59 Å². The van der Waals surface area contributed by atoms with Crippen LogP contribution >= 0.6 is 0 Å². The Labute approximate surface area is 144 Å². The summed E-state index contributed by atoms with van der Waals surface area (Å²) in [5.41, 5.74) is -0.470. The number of quaternary nitrogens is 1. The first-order valence-corrected chi connectivity index (χ1v) is 8.29. The van der Waals surface area contributed by atoms with Gasteiger partial charge in [-0.05, 0) is 18.6 Å². The van der Waals surface area contributed by atoms with E-state index in [0.717, 1.165) is 30.5 Å². The fraction of sp³-hybridized carbons (Fsp3) is 0.529. The van der Waals surface area contributed by atoms with Gasteiger partial charge in [0.25, 0.3) is 5.91 Å². The van der Waals surface area contributed by atoms with E-state index in [4.69, 9.17) is 0 Å². The summed E-state index contributed by atoms with van der Waals surface area (Å²) in [6.45, 7) is 6.01. The zero-order valence-electron chi connectivity index (χ0n) is 14.3. The maximum absolute atomic E-state index is 13.5. The lowest BCUT2D eigenvalue weighted by atomic mass is 9.92. The number of carbonyl (C=O) groups is 2. The van der Waals surface area contributed by atoms with Crippen molar-refractivity contribution in [3.63, 3.8) is 0 Å². The molecule has 0 spiro atoms. The summed E-state index contributed by atoms with van der Waals surface area (Å²) in [5.74, 6) is -4.36. The van der Waals surface area contributed by atoms with Crippen LogP contribution in [0, 0.1) is 29.3 Å². The molecule has 1 saturated heterocycles. The molecule has 5 nitrogen and oxygen atoms in total. The SMILES string of the molecule is C[C@@H]1C[C@@H](C)C[NH+](CC(=O)NCC(=O)Nc2ccc(F)c(F)c2F)C1. The molecule has 0 aliphatic carbocycles. The first kappa shape index (κ1) is 19.2. The Morgan fingerprint density at radius 2 is 1.72 bits per heavy atom. The summed E-state index contributed by atoms with van der Waals surface area (Å²) < 4.78 is 39.4. The molecular formula is C17H23F3N3O2+. The molecular weight excluding hydrogens is 335 g/mol. The highest BCUT2D eigenvalue weighted by Gasteiger charge is 2.26. The molecule has 8 heteroatoms. The standard InChI is InChI=1S/C17H22F3N3O2/c1-10-5-11(2)8-23(7-10)9-15(25)21-6-14(24)22-13-4-3-12(18)16(19)17(13)20/h3-4,10-11H,5-9H2,1-2H3,(H,21,25)(H,22,24)/p+1/t10-,11-/m1/s1. The van der Waals surface area contributed by atoms with Crippen molar-refractivity contribution >= 4 is 17.5 Å². The van der Waals surface area contributed by atoms with Crippen LogP contribution in [-0.2, 0) is 9.59 Å². The zero-order chi connectivity index (χ0) is 18.6. The van der Waals surface area contributed by atoms with E-state index in [1.807, 2.05) is 0 Å². The minimum absolute atomic E-state index is 0.265. The zero-order valence-corrected chi connectivity index (χ0v) is 14.3. The molecule has 1 aromatic carbocycles. The molecule has 25 heavy (non-hydrogen) atoms. The van der Waals surface area contributed by atoms with Crippen LogP contribution in [0.2, 0.25) is 0 Å². The number of likely N-dealkylation sites (tertiary alicyclic amines) is 1. The highest BCUT2D eigenvalue weighted by molar-refractivity contribution is 5.94. The van der Waals surface area contributed by atoms with Gasteiger partial charge in [-0.15, -0.1) is 0 Å². The Bertz CT molecular complexity index is 644. The van der Waals surface area contributed by atoms with Gasteiger partial charge >= 0.3 is 0 Å². The predicted octanol–water partition coefficient (Wildman–Crippen LogP) is 0.719. The molecule has 2 rings (SSSR count). The van der Waals surface area contributed by atoms with E-state index >= 15 is 0 Å². The Morgan fingerprint density at radius 3 is 2.36 bits per heavy atom. The summed E-state index contributed by atoms with van der Waals surface area (Å²) >= 11 is 0. The highest BCUT2D eigenvalue weighted by Crippen LogP contribution is 2.19. The number of piperidine rings is 1. The van der Waals surface area contributed by atoms with Crippen molar-refractivity contribution in [2.24, 2.45) is 11.8 Å². The van der Waals surface area contributed by atoms with Crippen LogP contribution in [0.5, 0.6) is 0 Å². The third-order valence-electron chi connectivity index (χ3n) is 4.24. The van der Waals surface area contributed by atoms with Crippen molar-refractivity contribution in [1.29, 1.82) is 0 Å². The first-order valence-electron chi connectivity index (χ1n) is 8.29. The average Bonchev–Trinajstić information content (AvgIpc) is 2.52. The summed E-state index contributed by atoms with van der Waals surface area (Å²) in [5, 5.41) is 4.57. The van der Waals surface area contributed by atoms with Crippen LogP contribution in [0.1, 0.15) is 20.3 Å². The molecule has 1 aromatic rings. The number of halogens is 3. The largest absolute Gasteiger partial charge is 0.342 e. The lowest BCUT2D eigenvalue weighted by molar-refractivity contribution is -0.904. The maximum Gasteiger partial charge on any atom is 0.275 e. The molecule has 0 aromatic heterocycles. The van der Waals surface area contributed by atoms with Gasteiger partial charge in [0.05, 0.1) is 25.3 Å². The normalized spacial score (nSPS) is 23.2. The Balaban J connectivity index is 1.80. The Kier molecular flexibility index (Phi) is 6.41. The number of amides is 2. The molecule has 0 bridgehead atoms. The summed E-state index contributed by atoms with van der Waals surface area (Å²) in [6.07, 6.45) is 1.15. The number of anilines is 1. The van der Waals surface area contributed by atoms with E-state index in [2.05, 4.69) is 24.5 Å². The van der Waals surface area contributed by atoms with Gasteiger partial charge in [0.2, 0.25) is 5.91 Å². The smallest absolute Gasteiger partial charge is 0.275 e. The van der Waals surface area contributed by atoms with Gasteiger partial charge in [-0.1, -0.05) is 13.8 Å². The van der Waals surface area contributed by atoms with E-state index in [1.54, 1.807) is 0 Å². The van der Waals surface area contributed by atoms with Gasteiger partial charge in [0.1, 0.15) is 0 Å². The van der Waals surface area contributed by atoms with E-state index in [0.29, 0.717) is 17.9 Å². The predicted molar refractivity (Wildman–Crippen MR) is 86.5 cm³/mol. The number of rotatable bonds is 5. The molecule has 2 amide bonds. The van der Waals surface area contributed by atoms with Crippen LogP contribution in [-0.4, -0.2) is 38.0 Å². The van der Waals surface area contributed by atoms with E-state index < -0.39 is 29.0 Å². The molecule has 3 N–H and O–H groups in total. The molecule has 0 unspecified atom stereocenters. The Hall–Kier alpha value is -2.09. The topological polar surface area (TPSA) is 62.6 Å². The fourth-order valence-corrected chi connectivity index (χ4v) is 3.35. The molecule has 138 valence electrons. The monoisotopic (exact) mass is 358 g/mol. The number of carbonyl (C=O) groups excluding carboxylic acids is 2. The van der Waals surface area contributed by atoms with Crippen LogP contribution in [0.4, 0.5) is 18.9 Å². The summed E-state index contributed by atoms with van der Waals surface area (Å²) in [4.78, 5) is 24.9. The van der Waals surface area contributed by atoms with Crippen LogP contribution in [0.3, 0.4) is 0 Å². The highest BCUT2D eigenvalue weighted by atomic mass is 19.2. The Morgan fingerprint density at radius 1 is 1.08 bits per heavy atom. The summed E-state index contributed by atoms with van der Waals surface area (Å²) in [6, 6.07) is 1.64. The molecule has 0 radical (unpaired) electrons. The van der Waals surface area contributed by atoms with Gasteiger partial charge in [0.15, 0.2) is 24.0 Å². The van der Waals surface area contributed by atoms with Crippen molar-refractivity contribution < 1.29 is 27.7 Å². The van der Waals surface area contributed by atoms with Crippen LogP contribution < -0.4 is 15.5 Å². The van der Waals surface area contributed by atoms with Gasteiger partial charge in [0, 0.05) is 11.8 Å². The summed E-state index contributed by atoms with van der Waals surface area (Å²) in [7, 11) is 0. The van der Waals surface area contributed by atoms with Gasteiger partial charge in [-0.25, -0.2) is 13.2 Å².